The molecule has 1 aromatic rings. The van der Waals surface area contributed by atoms with E-state index in [0.29, 0.717) is 16.1 Å². The molecule has 1 rings (SSSR count). The highest BCUT2D eigenvalue weighted by Gasteiger charge is 2.04. The van der Waals surface area contributed by atoms with Crippen LogP contribution >= 0.6 is 23.2 Å². The van der Waals surface area contributed by atoms with Crippen LogP contribution in [0.2, 0.25) is 5.02 Å². The number of carbonyl (C=O) groups is 1. The van der Waals surface area contributed by atoms with Crippen LogP contribution in [-0.2, 0) is 4.84 Å². The first kappa shape index (κ1) is 11.0. The van der Waals surface area contributed by atoms with Crippen LogP contribution in [0.15, 0.2) is 23.4 Å². The smallest absolute Gasteiger partial charge is 0.252 e. The second kappa shape index (κ2) is 4.98. The third-order valence-corrected chi connectivity index (χ3v) is 1.89. The highest BCUT2D eigenvalue weighted by Crippen LogP contribution is 2.15. The van der Waals surface area contributed by atoms with E-state index in [1.807, 2.05) is 0 Å². The summed E-state index contributed by atoms with van der Waals surface area (Å²) >= 11 is 11.1. The highest BCUT2D eigenvalue weighted by atomic mass is 35.5. The van der Waals surface area contributed by atoms with Gasteiger partial charge in [0.25, 0.3) is 5.24 Å². The number of oxime groups is 1. The average Bonchev–Trinajstić information content (AvgIpc) is 2.14. The Bertz CT molecular complexity index is 377. The van der Waals surface area contributed by atoms with E-state index in [4.69, 9.17) is 23.2 Å². The van der Waals surface area contributed by atoms with E-state index < -0.39 is 5.24 Å². The van der Waals surface area contributed by atoms with Gasteiger partial charge >= 0.3 is 0 Å². The van der Waals surface area contributed by atoms with Gasteiger partial charge in [-0.05, 0) is 35.4 Å². The van der Waals surface area contributed by atoms with Crippen molar-refractivity contribution in [2.24, 2.45) is 5.16 Å². The Morgan fingerprint density at radius 1 is 1.50 bits per heavy atom. The Morgan fingerprint density at radius 2 is 2.21 bits per heavy atom. The zero-order valence-corrected chi connectivity index (χ0v) is 8.84. The van der Waals surface area contributed by atoms with Gasteiger partial charge in [-0.3, -0.25) is 4.79 Å². The summed E-state index contributed by atoms with van der Waals surface area (Å²) in [6, 6.07) is 4.71. The zero-order chi connectivity index (χ0) is 10.6. The summed E-state index contributed by atoms with van der Waals surface area (Å²) in [4.78, 5) is 15.3. The molecule has 0 aliphatic heterocycles. The van der Waals surface area contributed by atoms with Gasteiger partial charge < -0.3 is 4.84 Å². The molecule has 1 aromatic carbocycles. The van der Waals surface area contributed by atoms with Gasteiger partial charge in [-0.2, -0.15) is 0 Å². The minimum Gasteiger partial charge on any atom is -0.399 e. The predicted octanol–water partition coefficient (Wildman–Crippen LogP) is 2.70. The van der Waals surface area contributed by atoms with Crippen molar-refractivity contribution in [3.05, 3.63) is 34.3 Å². The van der Waals surface area contributed by atoms with Crippen LogP contribution in [0, 0.1) is 0 Å². The molecule has 0 spiro atoms. The van der Waals surface area contributed by atoms with Gasteiger partial charge in [0.15, 0.2) is 0 Å². The SMILES string of the molecule is CO/N=C/c1cc(Cl)cc(C(=O)Cl)c1. The van der Waals surface area contributed by atoms with Crippen LogP contribution in [0.5, 0.6) is 0 Å². The lowest BCUT2D eigenvalue weighted by molar-refractivity contribution is 0.108. The van der Waals surface area contributed by atoms with Crippen LogP contribution in [0.1, 0.15) is 15.9 Å². The first-order chi connectivity index (χ1) is 6.63. The second-order valence-electron chi connectivity index (χ2n) is 2.46. The summed E-state index contributed by atoms with van der Waals surface area (Å²) in [5.41, 5.74) is 0.986. The van der Waals surface area contributed by atoms with Gasteiger partial charge in [0.1, 0.15) is 7.11 Å². The molecule has 14 heavy (non-hydrogen) atoms. The molecule has 0 bridgehead atoms. The molecule has 74 valence electrons. The Hall–Kier alpha value is -1.06. The fourth-order valence-corrected chi connectivity index (χ4v) is 1.27. The van der Waals surface area contributed by atoms with Gasteiger partial charge in [0, 0.05) is 10.6 Å². The van der Waals surface area contributed by atoms with Crippen molar-refractivity contribution in [3.8, 4) is 0 Å². The van der Waals surface area contributed by atoms with E-state index in [1.165, 1.54) is 19.4 Å². The number of hydrogen-bond donors (Lipinski definition) is 0. The number of halogens is 2. The molecule has 0 aliphatic rings. The van der Waals surface area contributed by atoms with Crippen molar-refractivity contribution < 1.29 is 9.63 Å². The Labute approximate surface area is 91.3 Å². The molecular weight excluding hydrogens is 225 g/mol. The minimum absolute atomic E-state index is 0.330. The fraction of sp³-hybridized carbons (Fsp3) is 0.111. The van der Waals surface area contributed by atoms with Crippen molar-refractivity contribution in [1.82, 2.24) is 0 Å². The predicted molar refractivity (Wildman–Crippen MR) is 56.2 cm³/mol. The first-order valence-corrected chi connectivity index (χ1v) is 4.46. The van der Waals surface area contributed by atoms with Crippen molar-refractivity contribution in [2.75, 3.05) is 7.11 Å². The number of carbonyl (C=O) groups excluding carboxylic acids is 1. The Balaban J connectivity index is 3.07. The average molecular weight is 232 g/mol. The van der Waals surface area contributed by atoms with Gasteiger partial charge in [0.2, 0.25) is 0 Å². The molecule has 0 N–H and O–H groups in total. The Morgan fingerprint density at radius 3 is 2.79 bits per heavy atom. The van der Waals surface area contributed by atoms with E-state index in [2.05, 4.69) is 9.99 Å². The largest absolute Gasteiger partial charge is 0.399 e. The molecule has 0 fully saturated rings. The number of benzene rings is 1. The van der Waals surface area contributed by atoms with Crippen molar-refractivity contribution in [1.29, 1.82) is 0 Å². The third kappa shape index (κ3) is 3.01. The Kier molecular flexibility index (Phi) is 3.92. The summed E-state index contributed by atoms with van der Waals surface area (Å²) in [7, 11) is 1.43. The van der Waals surface area contributed by atoms with Crippen LogP contribution in [0.3, 0.4) is 0 Å². The van der Waals surface area contributed by atoms with Gasteiger partial charge in [-0.25, -0.2) is 0 Å². The molecule has 0 aromatic heterocycles. The van der Waals surface area contributed by atoms with E-state index in [0.717, 1.165) is 0 Å². The highest BCUT2D eigenvalue weighted by molar-refractivity contribution is 6.67. The zero-order valence-electron chi connectivity index (χ0n) is 7.33. The third-order valence-electron chi connectivity index (χ3n) is 1.45. The monoisotopic (exact) mass is 231 g/mol. The summed E-state index contributed by atoms with van der Waals surface area (Å²) in [6.07, 6.45) is 1.44. The summed E-state index contributed by atoms with van der Waals surface area (Å²) in [5.74, 6) is 0. The van der Waals surface area contributed by atoms with Crippen molar-refractivity contribution >= 4 is 34.7 Å². The molecule has 0 unspecified atom stereocenters. The molecular formula is C9H7Cl2NO2. The molecule has 0 heterocycles. The van der Waals surface area contributed by atoms with E-state index in [1.54, 1.807) is 12.1 Å². The number of rotatable bonds is 3. The van der Waals surface area contributed by atoms with Gasteiger partial charge in [-0.1, -0.05) is 16.8 Å². The maximum absolute atomic E-state index is 10.9. The quantitative estimate of drug-likeness (QED) is 0.456. The standard InChI is InChI=1S/C9H7Cl2NO2/c1-14-12-5-6-2-7(9(11)13)4-8(10)3-6/h2-5H,1H3/b12-5+. The molecule has 0 saturated carbocycles. The second-order valence-corrected chi connectivity index (χ2v) is 3.24. The topological polar surface area (TPSA) is 38.7 Å². The lowest BCUT2D eigenvalue weighted by Crippen LogP contribution is -1.91. The molecule has 3 nitrogen and oxygen atoms in total. The van der Waals surface area contributed by atoms with Crippen LogP contribution in [0.25, 0.3) is 0 Å². The van der Waals surface area contributed by atoms with Gasteiger partial charge in [0.05, 0.1) is 6.21 Å². The van der Waals surface area contributed by atoms with Crippen LogP contribution in [-0.4, -0.2) is 18.6 Å². The summed E-state index contributed by atoms with van der Waals surface area (Å²) < 4.78 is 0. The van der Waals surface area contributed by atoms with E-state index in [-0.39, 0.29) is 0 Å². The van der Waals surface area contributed by atoms with Gasteiger partial charge in [-0.15, -0.1) is 0 Å². The molecule has 0 aliphatic carbocycles. The maximum Gasteiger partial charge on any atom is 0.252 e. The fourth-order valence-electron chi connectivity index (χ4n) is 0.914. The maximum atomic E-state index is 10.9. The van der Waals surface area contributed by atoms with Crippen molar-refractivity contribution in [3.63, 3.8) is 0 Å². The summed E-state index contributed by atoms with van der Waals surface area (Å²) in [6.45, 7) is 0. The first-order valence-electron chi connectivity index (χ1n) is 3.70. The molecule has 0 amide bonds. The molecule has 0 radical (unpaired) electrons. The van der Waals surface area contributed by atoms with Crippen molar-refractivity contribution in [2.45, 2.75) is 0 Å². The van der Waals surface area contributed by atoms with Crippen LogP contribution in [0.4, 0.5) is 0 Å². The minimum atomic E-state index is -0.556. The van der Waals surface area contributed by atoms with Crippen LogP contribution < -0.4 is 0 Å². The number of hydrogen-bond acceptors (Lipinski definition) is 3. The lowest BCUT2D eigenvalue weighted by Gasteiger charge is -1.98. The normalized spacial score (nSPS) is 10.5. The van der Waals surface area contributed by atoms with E-state index >= 15 is 0 Å². The van der Waals surface area contributed by atoms with E-state index in [9.17, 15) is 4.79 Å². The summed E-state index contributed by atoms with van der Waals surface area (Å²) in [5, 5.41) is 3.41. The number of nitrogens with zero attached hydrogens (tertiary/aromatic N) is 1. The molecule has 0 atom stereocenters. The molecule has 0 saturated heterocycles. The lowest BCUT2D eigenvalue weighted by atomic mass is 10.1. The molecule has 5 heteroatoms.